The predicted molar refractivity (Wildman–Crippen MR) is 65.4 cm³/mol. The van der Waals surface area contributed by atoms with Gasteiger partial charge in [-0.3, -0.25) is 0 Å². The van der Waals surface area contributed by atoms with Gasteiger partial charge in [-0.15, -0.1) is 0 Å². The van der Waals surface area contributed by atoms with Crippen molar-refractivity contribution in [3.63, 3.8) is 0 Å². The van der Waals surface area contributed by atoms with E-state index in [1.54, 1.807) is 24.3 Å². The van der Waals surface area contributed by atoms with E-state index in [1.807, 2.05) is 6.07 Å². The normalized spacial score (nSPS) is 21.7. The lowest BCUT2D eigenvalue weighted by molar-refractivity contribution is 0.585. The first kappa shape index (κ1) is 11.1. The first-order valence-electron chi connectivity index (χ1n) is 5.87. The molecule has 0 amide bonds. The molecule has 2 aromatic rings. The van der Waals surface area contributed by atoms with Crippen LogP contribution in [0.25, 0.3) is 0 Å². The fraction of sp³-hybridized carbons (Fsp3) is 0.214. The number of nitrogens with one attached hydrogen (secondary N) is 1. The Morgan fingerprint density at radius 2 is 1.94 bits per heavy atom. The molecule has 0 bridgehead atoms. The van der Waals surface area contributed by atoms with Crippen LogP contribution in [0.5, 0.6) is 0 Å². The zero-order valence-electron chi connectivity index (χ0n) is 9.61. The zero-order chi connectivity index (χ0) is 12.5. The predicted octanol–water partition coefficient (Wildman–Crippen LogP) is 3.33. The van der Waals surface area contributed by atoms with Crippen molar-refractivity contribution >= 4 is 5.82 Å². The minimum atomic E-state index is -0.497. The quantitative estimate of drug-likeness (QED) is 0.840. The number of pyridine rings is 1. The van der Waals surface area contributed by atoms with E-state index in [0.717, 1.165) is 12.0 Å². The van der Waals surface area contributed by atoms with Gasteiger partial charge in [0.05, 0.1) is 0 Å². The SMILES string of the molecule is Fc1cccc([C@@H]2C[C@H]2Nc2cccc(F)n2)c1. The third kappa shape index (κ3) is 2.32. The monoisotopic (exact) mass is 246 g/mol. The molecular weight excluding hydrogens is 234 g/mol. The van der Waals surface area contributed by atoms with Gasteiger partial charge in [0.15, 0.2) is 0 Å². The average Bonchev–Trinajstić information content (AvgIpc) is 3.08. The maximum Gasteiger partial charge on any atom is 0.214 e. The number of benzene rings is 1. The van der Waals surface area contributed by atoms with Gasteiger partial charge in [-0.2, -0.15) is 4.39 Å². The molecule has 1 aromatic carbocycles. The van der Waals surface area contributed by atoms with E-state index in [9.17, 15) is 8.78 Å². The highest BCUT2D eigenvalue weighted by Gasteiger charge is 2.38. The topological polar surface area (TPSA) is 24.9 Å². The standard InChI is InChI=1S/C14H12F2N2/c15-10-4-1-3-9(7-10)11-8-12(11)17-14-6-2-5-13(16)18-14/h1-7,11-12H,8H2,(H,17,18)/t11-,12+/m0/s1. The Bertz CT molecular complexity index is 571. The van der Waals surface area contributed by atoms with Crippen LogP contribution >= 0.6 is 0 Å². The minimum Gasteiger partial charge on any atom is -0.367 e. The van der Waals surface area contributed by atoms with Crippen molar-refractivity contribution in [3.8, 4) is 0 Å². The molecule has 0 saturated heterocycles. The first-order valence-corrected chi connectivity index (χ1v) is 5.87. The molecule has 2 atom stereocenters. The van der Waals surface area contributed by atoms with E-state index < -0.39 is 5.95 Å². The molecule has 92 valence electrons. The lowest BCUT2D eigenvalue weighted by Gasteiger charge is -2.05. The van der Waals surface area contributed by atoms with Crippen LogP contribution in [-0.4, -0.2) is 11.0 Å². The largest absolute Gasteiger partial charge is 0.367 e. The van der Waals surface area contributed by atoms with E-state index in [1.165, 1.54) is 12.1 Å². The van der Waals surface area contributed by atoms with E-state index in [2.05, 4.69) is 10.3 Å². The van der Waals surface area contributed by atoms with Crippen molar-refractivity contribution in [1.82, 2.24) is 4.98 Å². The maximum absolute atomic E-state index is 13.1. The summed E-state index contributed by atoms with van der Waals surface area (Å²) in [7, 11) is 0. The summed E-state index contributed by atoms with van der Waals surface area (Å²) in [6.45, 7) is 0. The highest BCUT2D eigenvalue weighted by molar-refractivity contribution is 5.41. The van der Waals surface area contributed by atoms with Crippen LogP contribution in [0, 0.1) is 11.8 Å². The Morgan fingerprint density at radius 3 is 2.72 bits per heavy atom. The van der Waals surface area contributed by atoms with Crippen LogP contribution < -0.4 is 5.32 Å². The van der Waals surface area contributed by atoms with Crippen LogP contribution in [0.4, 0.5) is 14.6 Å². The summed E-state index contributed by atoms with van der Waals surface area (Å²) >= 11 is 0. The van der Waals surface area contributed by atoms with Crippen LogP contribution in [0.1, 0.15) is 17.9 Å². The average molecular weight is 246 g/mol. The molecule has 1 aliphatic carbocycles. The Balaban J connectivity index is 1.68. The molecule has 1 aromatic heterocycles. The third-order valence-electron chi connectivity index (χ3n) is 3.12. The number of anilines is 1. The Kier molecular flexibility index (Phi) is 2.70. The van der Waals surface area contributed by atoms with Gasteiger partial charge < -0.3 is 5.32 Å². The molecular formula is C14H12F2N2. The Labute approximate surface area is 104 Å². The van der Waals surface area contributed by atoms with Crippen LogP contribution in [0.15, 0.2) is 42.5 Å². The summed E-state index contributed by atoms with van der Waals surface area (Å²) in [5.41, 5.74) is 0.976. The van der Waals surface area contributed by atoms with Crippen molar-refractivity contribution in [2.75, 3.05) is 5.32 Å². The van der Waals surface area contributed by atoms with Gasteiger partial charge in [0.25, 0.3) is 0 Å². The molecule has 2 nitrogen and oxygen atoms in total. The summed E-state index contributed by atoms with van der Waals surface area (Å²) < 4.78 is 26.0. The van der Waals surface area contributed by atoms with E-state index in [-0.39, 0.29) is 17.8 Å². The number of hydrogen-bond donors (Lipinski definition) is 1. The molecule has 0 unspecified atom stereocenters. The molecule has 1 heterocycles. The van der Waals surface area contributed by atoms with Crippen LogP contribution in [0.3, 0.4) is 0 Å². The smallest absolute Gasteiger partial charge is 0.214 e. The number of rotatable bonds is 3. The molecule has 1 aliphatic rings. The summed E-state index contributed by atoms with van der Waals surface area (Å²) in [5, 5.41) is 3.15. The molecule has 0 spiro atoms. The molecule has 1 N–H and O–H groups in total. The zero-order valence-corrected chi connectivity index (χ0v) is 9.61. The summed E-state index contributed by atoms with van der Waals surface area (Å²) in [5.74, 6) is 0.0923. The lowest BCUT2D eigenvalue weighted by atomic mass is 10.1. The van der Waals surface area contributed by atoms with Gasteiger partial charge in [-0.1, -0.05) is 18.2 Å². The van der Waals surface area contributed by atoms with Gasteiger partial charge in [0.1, 0.15) is 11.6 Å². The van der Waals surface area contributed by atoms with E-state index in [0.29, 0.717) is 5.82 Å². The molecule has 0 aliphatic heterocycles. The number of aromatic nitrogens is 1. The fourth-order valence-electron chi connectivity index (χ4n) is 2.14. The van der Waals surface area contributed by atoms with Gasteiger partial charge in [-0.05, 0) is 36.2 Å². The van der Waals surface area contributed by atoms with Crippen molar-refractivity contribution in [3.05, 3.63) is 59.8 Å². The maximum atomic E-state index is 13.1. The summed E-state index contributed by atoms with van der Waals surface area (Å²) in [6, 6.07) is 11.5. The van der Waals surface area contributed by atoms with Gasteiger partial charge in [0.2, 0.25) is 5.95 Å². The fourth-order valence-corrected chi connectivity index (χ4v) is 2.14. The second kappa shape index (κ2) is 4.37. The number of hydrogen-bond acceptors (Lipinski definition) is 2. The minimum absolute atomic E-state index is 0.209. The molecule has 1 fully saturated rings. The second-order valence-corrected chi connectivity index (χ2v) is 4.49. The van der Waals surface area contributed by atoms with Gasteiger partial charge >= 0.3 is 0 Å². The number of halogens is 2. The van der Waals surface area contributed by atoms with Crippen LogP contribution in [-0.2, 0) is 0 Å². The van der Waals surface area contributed by atoms with Crippen molar-refractivity contribution in [2.45, 2.75) is 18.4 Å². The highest BCUT2D eigenvalue weighted by atomic mass is 19.1. The van der Waals surface area contributed by atoms with Crippen molar-refractivity contribution < 1.29 is 8.78 Å². The van der Waals surface area contributed by atoms with Crippen LogP contribution in [0.2, 0.25) is 0 Å². The highest BCUT2D eigenvalue weighted by Crippen LogP contribution is 2.42. The Hall–Kier alpha value is -1.97. The molecule has 1 saturated carbocycles. The molecule has 0 radical (unpaired) electrons. The Morgan fingerprint density at radius 1 is 1.11 bits per heavy atom. The lowest BCUT2D eigenvalue weighted by Crippen LogP contribution is -2.06. The second-order valence-electron chi connectivity index (χ2n) is 4.49. The van der Waals surface area contributed by atoms with E-state index >= 15 is 0 Å². The molecule has 18 heavy (non-hydrogen) atoms. The van der Waals surface area contributed by atoms with Gasteiger partial charge in [-0.25, -0.2) is 9.37 Å². The van der Waals surface area contributed by atoms with Crippen molar-refractivity contribution in [2.24, 2.45) is 0 Å². The molecule has 4 heteroatoms. The van der Waals surface area contributed by atoms with Crippen molar-refractivity contribution in [1.29, 1.82) is 0 Å². The summed E-state index contributed by atoms with van der Waals surface area (Å²) in [6.07, 6.45) is 0.918. The first-order chi connectivity index (χ1) is 8.72. The summed E-state index contributed by atoms with van der Waals surface area (Å²) in [4.78, 5) is 3.75. The van der Waals surface area contributed by atoms with Gasteiger partial charge in [0, 0.05) is 12.0 Å². The van der Waals surface area contributed by atoms with E-state index in [4.69, 9.17) is 0 Å². The molecule has 3 rings (SSSR count). The number of nitrogens with zero attached hydrogens (tertiary/aromatic N) is 1. The third-order valence-corrected chi connectivity index (χ3v) is 3.12.